The Kier molecular flexibility index (Phi) is 4.20. The van der Waals surface area contributed by atoms with E-state index in [0.29, 0.717) is 17.9 Å². The third-order valence-corrected chi connectivity index (χ3v) is 3.15. The fourth-order valence-electron chi connectivity index (χ4n) is 1.98. The van der Waals surface area contributed by atoms with E-state index >= 15 is 0 Å². The van der Waals surface area contributed by atoms with Gasteiger partial charge < -0.3 is 16.4 Å². The van der Waals surface area contributed by atoms with Gasteiger partial charge in [-0.15, -0.1) is 0 Å². The van der Waals surface area contributed by atoms with Crippen LogP contribution in [-0.2, 0) is 6.54 Å². The molecule has 0 aliphatic carbocycles. The maximum atomic E-state index is 11.2. The average molecular weight is 270 g/mol. The molecule has 4 N–H and O–H groups in total. The monoisotopic (exact) mass is 270 g/mol. The van der Waals surface area contributed by atoms with Crippen LogP contribution < -0.4 is 16.4 Å². The number of hydrogen-bond acceptors (Lipinski definition) is 4. The van der Waals surface area contributed by atoms with Crippen LogP contribution in [0, 0.1) is 0 Å². The van der Waals surface area contributed by atoms with Gasteiger partial charge in [0.1, 0.15) is 5.82 Å². The van der Waals surface area contributed by atoms with Crippen LogP contribution >= 0.6 is 0 Å². The number of aromatic nitrogens is 1. The Morgan fingerprint density at radius 2 is 2.05 bits per heavy atom. The summed E-state index contributed by atoms with van der Waals surface area (Å²) in [7, 11) is 0. The van der Waals surface area contributed by atoms with E-state index < -0.39 is 5.91 Å². The van der Waals surface area contributed by atoms with Crippen molar-refractivity contribution >= 4 is 17.4 Å². The van der Waals surface area contributed by atoms with Gasteiger partial charge in [0.15, 0.2) is 0 Å². The van der Waals surface area contributed by atoms with Gasteiger partial charge in [0, 0.05) is 30.5 Å². The lowest BCUT2D eigenvalue weighted by atomic mass is 10.1. The van der Waals surface area contributed by atoms with E-state index in [0.717, 1.165) is 17.8 Å². The molecule has 1 amide bonds. The Balaban J connectivity index is 2.26. The van der Waals surface area contributed by atoms with Gasteiger partial charge in [0.25, 0.3) is 0 Å². The van der Waals surface area contributed by atoms with Crippen LogP contribution in [0.5, 0.6) is 0 Å². The summed E-state index contributed by atoms with van der Waals surface area (Å²) in [6, 6.07) is 11.0. The Hall–Kier alpha value is -2.56. The number of pyridine rings is 1. The van der Waals surface area contributed by atoms with Crippen molar-refractivity contribution in [2.24, 2.45) is 5.73 Å². The second kappa shape index (κ2) is 6.06. The van der Waals surface area contributed by atoms with Crippen molar-refractivity contribution in [2.75, 3.05) is 17.2 Å². The number of nitrogens with zero attached hydrogens (tertiary/aromatic N) is 2. The molecule has 0 unspecified atom stereocenters. The highest BCUT2D eigenvalue weighted by atomic mass is 16.1. The van der Waals surface area contributed by atoms with Gasteiger partial charge in [0.2, 0.25) is 5.91 Å². The molecular weight excluding hydrogens is 252 g/mol. The standard InChI is InChI=1S/C15H18N4O/c1-2-19(10-12-5-3-4-6-13(12)16)14-9-11(15(17)20)7-8-18-14/h3-9H,2,10,16H2,1H3,(H2,17,20). The van der Waals surface area contributed by atoms with E-state index in [1.165, 1.54) is 0 Å². The Labute approximate surface area is 118 Å². The van der Waals surface area contributed by atoms with Gasteiger partial charge in [-0.25, -0.2) is 4.98 Å². The first kappa shape index (κ1) is 13.9. The first-order valence-corrected chi connectivity index (χ1v) is 6.46. The fraction of sp³-hybridized carbons (Fsp3) is 0.200. The number of anilines is 2. The Morgan fingerprint density at radius 3 is 2.70 bits per heavy atom. The molecule has 0 aliphatic rings. The lowest BCUT2D eigenvalue weighted by Gasteiger charge is -2.23. The van der Waals surface area contributed by atoms with Crippen molar-refractivity contribution in [3.05, 3.63) is 53.7 Å². The predicted octanol–water partition coefficient (Wildman–Crippen LogP) is 1.79. The van der Waals surface area contributed by atoms with Crippen molar-refractivity contribution in [3.63, 3.8) is 0 Å². The van der Waals surface area contributed by atoms with E-state index in [-0.39, 0.29) is 0 Å². The zero-order valence-electron chi connectivity index (χ0n) is 11.4. The van der Waals surface area contributed by atoms with Crippen molar-refractivity contribution in [3.8, 4) is 0 Å². The van der Waals surface area contributed by atoms with E-state index in [2.05, 4.69) is 4.98 Å². The number of rotatable bonds is 5. The molecule has 0 spiro atoms. The molecule has 5 heteroatoms. The molecule has 2 rings (SSSR count). The van der Waals surface area contributed by atoms with Crippen molar-refractivity contribution in [1.82, 2.24) is 4.98 Å². The molecule has 1 aromatic carbocycles. The van der Waals surface area contributed by atoms with Crippen LogP contribution in [-0.4, -0.2) is 17.4 Å². The third-order valence-electron chi connectivity index (χ3n) is 3.15. The number of amides is 1. The SMILES string of the molecule is CCN(Cc1ccccc1N)c1cc(C(N)=O)ccn1. The molecule has 0 bridgehead atoms. The summed E-state index contributed by atoms with van der Waals surface area (Å²) in [5.74, 6) is 0.260. The number of nitrogen functional groups attached to an aromatic ring is 1. The number of para-hydroxylation sites is 1. The molecule has 0 fully saturated rings. The summed E-state index contributed by atoms with van der Waals surface area (Å²) in [5, 5.41) is 0. The van der Waals surface area contributed by atoms with Crippen molar-refractivity contribution < 1.29 is 4.79 Å². The van der Waals surface area contributed by atoms with Gasteiger partial charge in [-0.1, -0.05) is 18.2 Å². The zero-order valence-corrected chi connectivity index (χ0v) is 11.4. The molecule has 0 radical (unpaired) electrons. The smallest absolute Gasteiger partial charge is 0.248 e. The molecule has 1 aromatic heterocycles. The van der Waals surface area contributed by atoms with Crippen LogP contribution in [0.15, 0.2) is 42.6 Å². The number of carbonyl (C=O) groups excluding carboxylic acids is 1. The largest absolute Gasteiger partial charge is 0.398 e. The second-order valence-corrected chi connectivity index (χ2v) is 4.48. The molecule has 0 atom stereocenters. The molecule has 0 saturated heterocycles. The minimum absolute atomic E-state index is 0.453. The number of carbonyl (C=O) groups is 1. The highest BCUT2D eigenvalue weighted by Crippen LogP contribution is 2.18. The number of hydrogen-bond donors (Lipinski definition) is 2. The van der Waals surface area contributed by atoms with E-state index in [1.807, 2.05) is 36.1 Å². The van der Waals surface area contributed by atoms with Crippen LogP contribution in [0.3, 0.4) is 0 Å². The number of benzene rings is 1. The first-order valence-electron chi connectivity index (χ1n) is 6.46. The quantitative estimate of drug-likeness (QED) is 0.811. The molecule has 20 heavy (non-hydrogen) atoms. The van der Waals surface area contributed by atoms with Gasteiger partial charge in [-0.3, -0.25) is 4.79 Å². The summed E-state index contributed by atoms with van der Waals surface area (Å²) in [6.07, 6.45) is 1.59. The first-order chi connectivity index (χ1) is 9.61. The van der Waals surface area contributed by atoms with Gasteiger partial charge in [-0.05, 0) is 30.7 Å². The highest BCUT2D eigenvalue weighted by molar-refractivity contribution is 5.93. The Bertz CT molecular complexity index is 612. The normalized spacial score (nSPS) is 10.2. The summed E-state index contributed by atoms with van der Waals surface area (Å²) >= 11 is 0. The van der Waals surface area contributed by atoms with Crippen LogP contribution in [0.1, 0.15) is 22.8 Å². The summed E-state index contributed by atoms with van der Waals surface area (Å²) in [6.45, 7) is 3.42. The zero-order chi connectivity index (χ0) is 14.5. The lowest BCUT2D eigenvalue weighted by molar-refractivity contribution is 0.1000. The molecule has 2 aromatic rings. The molecule has 104 valence electrons. The molecule has 0 aliphatic heterocycles. The Morgan fingerprint density at radius 1 is 1.30 bits per heavy atom. The molecule has 5 nitrogen and oxygen atoms in total. The van der Waals surface area contributed by atoms with Crippen molar-refractivity contribution in [1.29, 1.82) is 0 Å². The van der Waals surface area contributed by atoms with Gasteiger partial charge in [0.05, 0.1) is 0 Å². The minimum Gasteiger partial charge on any atom is -0.398 e. The minimum atomic E-state index is -0.455. The number of primary amides is 1. The average Bonchev–Trinajstić information content (AvgIpc) is 2.46. The second-order valence-electron chi connectivity index (χ2n) is 4.48. The van der Waals surface area contributed by atoms with Crippen LogP contribution in [0.25, 0.3) is 0 Å². The van der Waals surface area contributed by atoms with Gasteiger partial charge >= 0.3 is 0 Å². The molecule has 0 saturated carbocycles. The summed E-state index contributed by atoms with van der Waals surface area (Å²) in [5.41, 5.74) is 13.5. The topological polar surface area (TPSA) is 85.2 Å². The van der Waals surface area contributed by atoms with Crippen LogP contribution in [0.4, 0.5) is 11.5 Å². The van der Waals surface area contributed by atoms with Crippen molar-refractivity contribution in [2.45, 2.75) is 13.5 Å². The summed E-state index contributed by atoms with van der Waals surface area (Å²) < 4.78 is 0. The van der Waals surface area contributed by atoms with E-state index in [1.54, 1.807) is 18.3 Å². The molecular formula is C15H18N4O. The lowest BCUT2D eigenvalue weighted by Crippen LogP contribution is -2.24. The van der Waals surface area contributed by atoms with Crippen LogP contribution in [0.2, 0.25) is 0 Å². The highest BCUT2D eigenvalue weighted by Gasteiger charge is 2.10. The third kappa shape index (κ3) is 3.06. The van der Waals surface area contributed by atoms with E-state index in [9.17, 15) is 4.79 Å². The van der Waals surface area contributed by atoms with E-state index in [4.69, 9.17) is 11.5 Å². The predicted molar refractivity (Wildman–Crippen MR) is 80.3 cm³/mol. The maximum Gasteiger partial charge on any atom is 0.248 e. The fourth-order valence-corrected chi connectivity index (χ4v) is 1.98. The van der Waals surface area contributed by atoms with Gasteiger partial charge in [-0.2, -0.15) is 0 Å². The molecule has 1 heterocycles. The maximum absolute atomic E-state index is 11.2. The number of nitrogens with two attached hydrogens (primary N) is 2. The summed E-state index contributed by atoms with van der Waals surface area (Å²) in [4.78, 5) is 17.6.